The maximum absolute atomic E-state index is 9.24. The Bertz CT molecular complexity index is 578. The predicted octanol–water partition coefficient (Wildman–Crippen LogP) is 2.41. The smallest absolute Gasteiger partial charge is 0.126 e. The lowest BCUT2D eigenvalue weighted by Gasteiger charge is -2.37. The SMILES string of the molecule is COc1ccccc1-c1ccc(C2CNC2CO)cc1. The second-order valence-corrected chi connectivity index (χ2v) is 5.13. The second-order valence-electron chi connectivity index (χ2n) is 5.13. The Kier molecular flexibility index (Phi) is 3.72. The van der Waals surface area contributed by atoms with Crippen molar-refractivity contribution in [3.05, 3.63) is 54.1 Å². The summed E-state index contributed by atoms with van der Waals surface area (Å²) in [6.45, 7) is 1.14. The van der Waals surface area contributed by atoms with Gasteiger partial charge in [-0.15, -0.1) is 0 Å². The number of aliphatic hydroxyl groups excluding tert-OH is 1. The fourth-order valence-electron chi connectivity index (χ4n) is 2.74. The summed E-state index contributed by atoms with van der Waals surface area (Å²) in [5.41, 5.74) is 3.53. The van der Waals surface area contributed by atoms with E-state index < -0.39 is 0 Å². The number of nitrogens with one attached hydrogen (secondary N) is 1. The first kappa shape index (κ1) is 13.2. The van der Waals surface area contributed by atoms with Crippen LogP contribution in [0.1, 0.15) is 11.5 Å². The number of hydrogen-bond acceptors (Lipinski definition) is 3. The summed E-state index contributed by atoms with van der Waals surface area (Å²) >= 11 is 0. The van der Waals surface area contributed by atoms with Gasteiger partial charge in [0, 0.05) is 24.1 Å². The normalized spacial score (nSPS) is 21.3. The van der Waals surface area contributed by atoms with Crippen molar-refractivity contribution in [1.29, 1.82) is 0 Å². The highest BCUT2D eigenvalue weighted by Crippen LogP contribution is 2.32. The van der Waals surface area contributed by atoms with E-state index in [1.807, 2.05) is 18.2 Å². The van der Waals surface area contributed by atoms with Crippen molar-refractivity contribution in [1.82, 2.24) is 5.32 Å². The fraction of sp³-hybridized carbons (Fsp3) is 0.294. The van der Waals surface area contributed by atoms with Crippen molar-refractivity contribution in [3.63, 3.8) is 0 Å². The monoisotopic (exact) mass is 269 g/mol. The van der Waals surface area contributed by atoms with Crippen molar-refractivity contribution in [2.45, 2.75) is 12.0 Å². The summed E-state index contributed by atoms with van der Waals surface area (Å²) in [7, 11) is 1.69. The van der Waals surface area contributed by atoms with Crippen LogP contribution in [0.5, 0.6) is 5.75 Å². The Morgan fingerprint density at radius 3 is 2.50 bits per heavy atom. The van der Waals surface area contributed by atoms with E-state index in [-0.39, 0.29) is 12.6 Å². The molecule has 0 bridgehead atoms. The quantitative estimate of drug-likeness (QED) is 0.895. The molecule has 2 aromatic carbocycles. The molecular weight excluding hydrogens is 250 g/mol. The molecule has 3 nitrogen and oxygen atoms in total. The zero-order chi connectivity index (χ0) is 13.9. The molecule has 2 aromatic rings. The van der Waals surface area contributed by atoms with Gasteiger partial charge in [-0.1, -0.05) is 42.5 Å². The molecule has 1 aliphatic rings. The maximum Gasteiger partial charge on any atom is 0.126 e. The van der Waals surface area contributed by atoms with Gasteiger partial charge in [-0.3, -0.25) is 0 Å². The largest absolute Gasteiger partial charge is 0.496 e. The van der Waals surface area contributed by atoms with Crippen LogP contribution in [0.2, 0.25) is 0 Å². The van der Waals surface area contributed by atoms with E-state index in [0.29, 0.717) is 5.92 Å². The topological polar surface area (TPSA) is 41.5 Å². The summed E-state index contributed by atoms with van der Waals surface area (Å²) in [6.07, 6.45) is 0. The van der Waals surface area contributed by atoms with Crippen LogP contribution in [0.4, 0.5) is 0 Å². The Hall–Kier alpha value is -1.84. The zero-order valence-corrected chi connectivity index (χ0v) is 11.5. The molecule has 2 atom stereocenters. The molecule has 1 aliphatic heterocycles. The van der Waals surface area contributed by atoms with Gasteiger partial charge in [0.1, 0.15) is 5.75 Å². The minimum atomic E-state index is 0.193. The number of para-hydroxylation sites is 1. The van der Waals surface area contributed by atoms with Gasteiger partial charge in [0.15, 0.2) is 0 Å². The van der Waals surface area contributed by atoms with Crippen molar-refractivity contribution >= 4 is 0 Å². The Morgan fingerprint density at radius 2 is 1.90 bits per heavy atom. The summed E-state index contributed by atoms with van der Waals surface area (Å²) < 4.78 is 5.40. The molecule has 104 valence electrons. The zero-order valence-electron chi connectivity index (χ0n) is 11.5. The highest BCUT2D eigenvalue weighted by molar-refractivity contribution is 5.70. The van der Waals surface area contributed by atoms with Crippen LogP contribution in [0.15, 0.2) is 48.5 Å². The molecule has 0 aromatic heterocycles. The number of hydrogen-bond donors (Lipinski definition) is 2. The first-order valence-corrected chi connectivity index (χ1v) is 6.91. The highest BCUT2D eigenvalue weighted by Gasteiger charge is 2.30. The molecule has 20 heavy (non-hydrogen) atoms. The Balaban J connectivity index is 1.86. The van der Waals surface area contributed by atoms with Crippen LogP contribution in [0.25, 0.3) is 11.1 Å². The van der Waals surface area contributed by atoms with Crippen LogP contribution in [0, 0.1) is 0 Å². The summed E-state index contributed by atoms with van der Waals surface area (Å²) in [6, 6.07) is 16.8. The molecule has 0 radical (unpaired) electrons. The Labute approximate surface area is 119 Å². The van der Waals surface area contributed by atoms with Crippen LogP contribution in [-0.4, -0.2) is 31.4 Å². The highest BCUT2D eigenvalue weighted by atomic mass is 16.5. The molecule has 1 saturated heterocycles. The number of rotatable bonds is 4. The van der Waals surface area contributed by atoms with E-state index in [1.54, 1.807) is 7.11 Å². The van der Waals surface area contributed by atoms with Crippen molar-refractivity contribution in [3.8, 4) is 16.9 Å². The molecular formula is C17H19NO2. The number of benzene rings is 2. The van der Waals surface area contributed by atoms with Gasteiger partial charge in [-0.2, -0.15) is 0 Å². The summed E-state index contributed by atoms with van der Waals surface area (Å²) in [5.74, 6) is 1.31. The van der Waals surface area contributed by atoms with Gasteiger partial charge < -0.3 is 15.2 Å². The third-order valence-corrected chi connectivity index (χ3v) is 4.04. The molecule has 2 N–H and O–H groups in total. The van der Waals surface area contributed by atoms with Crippen LogP contribution >= 0.6 is 0 Å². The first-order valence-electron chi connectivity index (χ1n) is 6.91. The second kappa shape index (κ2) is 5.65. The standard InChI is InChI=1S/C17H19NO2/c1-20-17-5-3-2-4-14(17)12-6-8-13(9-7-12)15-10-18-16(15)11-19/h2-9,15-16,18-19H,10-11H2,1H3. The van der Waals surface area contributed by atoms with E-state index in [0.717, 1.165) is 23.4 Å². The average Bonchev–Trinajstić information content (AvgIpc) is 2.47. The van der Waals surface area contributed by atoms with Gasteiger partial charge >= 0.3 is 0 Å². The van der Waals surface area contributed by atoms with Crippen molar-refractivity contribution < 1.29 is 9.84 Å². The molecule has 3 rings (SSSR count). The molecule has 1 heterocycles. The van der Waals surface area contributed by atoms with Gasteiger partial charge in [0.25, 0.3) is 0 Å². The lowest BCUT2D eigenvalue weighted by atomic mass is 9.85. The van der Waals surface area contributed by atoms with E-state index >= 15 is 0 Å². The predicted molar refractivity (Wildman–Crippen MR) is 80.0 cm³/mol. The molecule has 1 fully saturated rings. The van der Waals surface area contributed by atoms with Gasteiger partial charge in [0.2, 0.25) is 0 Å². The van der Waals surface area contributed by atoms with E-state index in [1.165, 1.54) is 5.56 Å². The molecule has 0 amide bonds. The minimum absolute atomic E-state index is 0.193. The third kappa shape index (κ3) is 2.30. The van der Waals surface area contributed by atoms with Gasteiger partial charge in [-0.05, 0) is 17.2 Å². The van der Waals surface area contributed by atoms with Crippen molar-refractivity contribution in [2.75, 3.05) is 20.3 Å². The molecule has 0 saturated carbocycles. The van der Waals surface area contributed by atoms with Crippen LogP contribution in [0.3, 0.4) is 0 Å². The average molecular weight is 269 g/mol. The van der Waals surface area contributed by atoms with Crippen molar-refractivity contribution in [2.24, 2.45) is 0 Å². The van der Waals surface area contributed by atoms with E-state index in [2.05, 4.69) is 35.6 Å². The lowest BCUT2D eigenvalue weighted by Crippen LogP contribution is -2.53. The number of aliphatic hydroxyl groups is 1. The molecule has 2 unspecified atom stereocenters. The third-order valence-electron chi connectivity index (χ3n) is 4.04. The van der Waals surface area contributed by atoms with E-state index in [4.69, 9.17) is 4.74 Å². The maximum atomic E-state index is 9.24. The summed E-state index contributed by atoms with van der Waals surface area (Å²) in [5, 5.41) is 12.5. The molecule has 3 heteroatoms. The number of ether oxygens (including phenoxy) is 1. The Morgan fingerprint density at radius 1 is 1.15 bits per heavy atom. The summed E-state index contributed by atoms with van der Waals surface area (Å²) in [4.78, 5) is 0. The van der Waals surface area contributed by atoms with E-state index in [9.17, 15) is 5.11 Å². The number of methoxy groups -OCH3 is 1. The van der Waals surface area contributed by atoms with Gasteiger partial charge in [0.05, 0.1) is 13.7 Å². The van der Waals surface area contributed by atoms with Crippen LogP contribution < -0.4 is 10.1 Å². The minimum Gasteiger partial charge on any atom is -0.496 e. The molecule has 0 aliphatic carbocycles. The molecule has 0 spiro atoms. The van der Waals surface area contributed by atoms with Gasteiger partial charge in [-0.25, -0.2) is 0 Å². The van der Waals surface area contributed by atoms with Crippen LogP contribution in [-0.2, 0) is 0 Å². The fourth-order valence-corrected chi connectivity index (χ4v) is 2.74. The lowest BCUT2D eigenvalue weighted by molar-refractivity contribution is 0.175. The first-order chi connectivity index (χ1) is 9.83.